The normalized spacial score (nSPS) is 13.5. The average Bonchev–Trinajstić information content (AvgIpc) is 3.13. The van der Waals surface area contributed by atoms with Crippen molar-refractivity contribution in [1.29, 1.82) is 0 Å². The summed E-state index contributed by atoms with van der Waals surface area (Å²) in [6.45, 7) is 4.25. The fraction of sp³-hybridized carbons (Fsp3) is 0.956. The van der Waals surface area contributed by atoms with Crippen molar-refractivity contribution >= 4 is 19.8 Å². The molecule has 0 spiro atoms. The highest BCUT2D eigenvalue weighted by atomic mass is 31.2. The lowest BCUT2D eigenvalue weighted by molar-refractivity contribution is -0.870. The van der Waals surface area contributed by atoms with E-state index in [2.05, 4.69) is 13.8 Å². The summed E-state index contributed by atoms with van der Waals surface area (Å²) in [5, 5.41) is 0. The average molecular weight is 804 g/mol. The summed E-state index contributed by atoms with van der Waals surface area (Å²) < 4.78 is 33.9. The molecule has 10 heteroatoms. The molecule has 0 heterocycles. The Morgan fingerprint density at radius 3 is 1.16 bits per heavy atom. The van der Waals surface area contributed by atoms with Crippen LogP contribution in [0.2, 0.25) is 0 Å². The van der Waals surface area contributed by atoms with Gasteiger partial charge >= 0.3 is 11.9 Å². The lowest BCUT2D eigenvalue weighted by atomic mass is 10.0. The molecule has 0 amide bonds. The van der Waals surface area contributed by atoms with E-state index in [9.17, 15) is 19.0 Å². The van der Waals surface area contributed by atoms with Crippen molar-refractivity contribution in [2.45, 2.75) is 232 Å². The van der Waals surface area contributed by atoms with Crippen LogP contribution in [0, 0.1) is 0 Å². The highest BCUT2D eigenvalue weighted by molar-refractivity contribution is 7.45. The summed E-state index contributed by atoms with van der Waals surface area (Å²) in [7, 11) is 1.18. The maximum atomic E-state index is 12.7. The van der Waals surface area contributed by atoms with Gasteiger partial charge in [-0.15, -0.1) is 0 Å². The van der Waals surface area contributed by atoms with E-state index in [4.69, 9.17) is 18.5 Å². The topological polar surface area (TPSA) is 111 Å². The van der Waals surface area contributed by atoms with E-state index in [-0.39, 0.29) is 32.0 Å². The molecule has 55 heavy (non-hydrogen) atoms. The lowest BCUT2D eigenvalue weighted by Crippen LogP contribution is -2.37. The minimum atomic E-state index is -4.61. The predicted octanol–water partition coefficient (Wildman–Crippen LogP) is 12.6. The van der Waals surface area contributed by atoms with E-state index < -0.39 is 26.5 Å². The van der Waals surface area contributed by atoms with Gasteiger partial charge in [0.05, 0.1) is 27.7 Å². The molecule has 0 saturated heterocycles. The third kappa shape index (κ3) is 42.4. The molecular formula is C45H90NO8P. The second-order valence-electron chi connectivity index (χ2n) is 17.1. The summed E-state index contributed by atoms with van der Waals surface area (Å²) in [6, 6.07) is 0. The van der Waals surface area contributed by atoms with Gasteiger partial charge in [0.25, 0.3) is 7.82 Å². The molecule has 0 aliphatic heterocycles. The summed E-state index contributed by atoms with van der Waals surface area (Å²) >= 11 is 0. The molecule has 9 nitrogen and oxygen atoms in total. The fourth-order valence-corrected chi connectivity index (χ4v) is 7.44. The van der Waals surface area contributed by atoms with Gasteiger partial charge in [-0.25, -0.2) is 0 Å². The summed E-state index contributed by atoms with van der Waals surface area (Å²) in [4.78, 5) is 37.5. The summed E-state index contributed by atoms with van der Waals surface area (Å²) in [5.41, 5.74) is 0. The first-order chi connectivity index (χ1) is 26.5. The first-order valence-corrected chi connectivity index (χ1v) is 24.7. The standard InChI is InChI=1S/C45H90NO8P/c1-6-8-10-12-14-16-18-19-20-21-22-23-24-25-26-27-28-30-32-34-36-38-45(48)54-43(42-53-55(49,50)52-40-39-46(3,4)5)41-51-44(47)37-35-33-31-29-17-15-13-11-9-7-2/h43H,6-42H2,1-5H3/t43-/m1/s1. The first kappa shape index (κ1) is 54.0. The van der Waals surface area contributed by atoms with Crippen molar-refractivity contribution in [2.24, 2.45) is 0 Å². The number of unbranched alkanes of at least 4 members (excludes halogenated alkanes) is 29. The van der Waals surface area contributed by atoms with Crippen LogP contribution in [0.15, 0.2) is 0 Å². The minimum absolute atomic E-state index is 0.0257. The lowest BCUT2D eigenvalue weighted by Gasteiger charge is -2.28. The zero-order chi connectivity index (χ0) is 40.7. The van der Waals surface area contributed by atoms with Crippen molar-refractivity contribution < 1.29 is 42.1 Å². The number of ether oxygens (including phenoxy) is 2. The van der Waals surface area contributed by atoms with Crippen LogP contribution in [0.3, 0.4) is 0 Å². The maximum Gasteiger partial charge on any atom is 0.306 e. The number of esters is 2. The second kappa shape index (κ2) is 38.5. The molecule has 0 aliphatic rings. The quantitative estimate of drug-likeness (QED) is 0.0259. The van der Waals surface area contributed by atoms with E-state index >= 15 is 0 Å². The Kier molecular flexibility index (Phi) is 37.8. The molecule has 0 aliphatic carbocycles. The Labute approximate surface area is 340 Å². The minimum Gasteiger partial charge on any atom is -0.756 e. The maximum absolute atomic E-state index is 12.7. The largest absolute Gasteiger partial charge is 0.756 e. The van der Waals surface area contributed by atoms with Gasteiger partial charge in [-0.1, -0.05) is 200 Å². The van der Waals surface area contributed by atoms with E-state index in [1.807, 2.05) is 21.1 Å². The van der Waals surface area contributed by atoms with Crippen LogP contribution in [0.25, 0.3) is 0 Å². The molecule has 0 aromatic rings. The van der Waals surface area contributed by atoms with Crippen molar-refractivity contribution in [2.75, 3.05) is 47.5 Å². The van der Waals surface area contributed by atoms with E-state index in [1.54, 1.807) is 0 Å². The molecule has 0 rings (SSSR count). The van der Waals surface area contributed by atoms with Gasteiger partial charge in [-0.3, -0.25) is 14.2 Å². The molecular weight excluding hydrogens is 713 g/mol. The number of quaternary nitrogens is 1. The van der Waals surface area contributed by atoms with Crippen molar-refractivity contribution in [3.8, 4) is 0 Å². The van der Waals surface area contributed by atoms with Crippen LogP contribution >= 0.6 is 7.82 Å². The molecule has 0 radical (unpaired) electrons. The van der Waals surface area contributed by atoms with Crippen LogP contribution in [0.1, 0.15) is 226 Å². The molecule has 0 aromatic carbocycles. The molecule has 0 aromatic heterocycles. The zero-order valence-corrected chi connectivity index (χ0v) is 37.8. The molecule has 0 N–H and O–H groups in total. The highest BCUT2D eigenvalue weighted by Gasteiger charge is 2.21. The number of likely N-dealkylation sites (N-methyl/N-ethyl adjacent to an activating group) is 1. The smallest absolute Gasteiger partial charge is 0.306 e. The number of carbonyl (C=O) groups excluding carboxylic acids is 2. The van der Waals surface area contributed by atoms with Crippen LogP contribution in [-0.2, 0) is 32.7 Å². The Hall–Kier alpha value is -0.990. The van der Waals surface area contributed by atoms with Gasteiger partial charge in [0.1, 0.15) is 19.8 Å². The van der Waals surface area contributed by atoms with Gasteiger partial charge < -0.3 is 27.9 Å². The molecule has 0 saturated carbocycles. The molecule has 2 atom stereocenters. The van der Waals surface area contributed by atoms with E-state index in [1.165, 1.54) is 161 Å². The van der Waals surface area contributed by atoms with Gasteiger partial charge in [0.2, 0.25) is 0 Å². The second-order valence-corrected chi connectivity index (χ2v) is 18.5. The van der Waals surface area contributed by atoms with Gasteiger partial charge in [-0.2, -0.15) is 0 Å². The zero-order valence-electron chi connectivity index (χ0n) is 36.9. The number of hydrogen-bond donors (Lipinski definition) is 0. The van der Waals surface area contributed by atoms with Crippen molar-refractivity contribution in [3.05, 3.63) is 0 Å². The predicted molar refractivity (Wildman–Crippen MR) is 227 cm³/mol. The fourth-order valence-electron chi connectivity index (χ4n) is 6.72. The van der Waals surface area contributed by atoms with Crippen LogP contribution in [0.4, 0.5) is 0 Å². The third-order valence-electron chi connectivity index (χ3n) is 10.4. The monoisotopic (exact) mass is 804 g/mol. The molecule has 0 fully saturated rings. The SMILES string of the molecule is CCCCCCCCCCCCCCCCCCCCCCCC(=O)O[C@H](COC(=O)CCCCCCCCCCCC)COP(=O)([O-])OCC[N+](C)(C)C. The Balaban J connectivity index is 4.19. The van der Waals surface area contributed by atoms with Crippen LogP contribution < -0.4 is 4.89 Å². The number of phosphoric ester groups is 1. The van der Waals surface area contributed by atoms with Gasteiger partial charge in [0, 0.05) is 12.8 Å². The number of phosphoric acid groups is 1. The Bertz CT molecular complexity index is 912. The molecule has 1 unspecified atom stereocenters. The van der Waals surface area contributed by atoms with E-state index in [0.29, 0.717) is 17.4 Å². The Morgan fingerprint density at radius 2 is 0.818 bits per heavy atom. The number of nitrogens with zero attached hydrogens (tertiary/aromatic N) is 1. The van der Waals surface area contributed by atoms with Crippen molar-refractivity contribution in [1.82, 2.24) is 0 Å². The number of rotatable bonds is 43. The van der Waals surface area contributed by atoms with E-state index in [0.717, 1.165) is 32.1 Å². The first-order valence-electron chi connectivity index (χ1n) is 23.2. The molecule has 328 valence electrons. The molecule has 0 bridgehead atoms. The summed E-state index contributed by atoms with van der Waals surface area (Å²) in [6.07, 6.45) is 38.5. The summed E-state index contributed by atoms with van der Waals surface area (Å²) in [5.74, 6) is -0.821. The van der Waals surface area contributed by atoms with Gasteiger partial charge in [0.15, 0.2) is 6.10 Å². The van der Waals surface area contributed by atoms with Gasteiger partial charge in [-0.05, 0) is 12.8 Å². The van der Waals surface area contributed by atoms with Crippen LogP contribution in [0.5, 0.6) is 0 Å². The van der Waals surface area contributed by atoms with Crippen molar-refractivity contribution in [3.63, 3.8) is 0 Å². The Morgan fingerprint density at radius 1 is 0.491 bits per heavy atom. The number of hydrogen-bond acceptors (Lipinski definition) is 8. The third-order valence-corrected chi connectivity index (χ3v) is 11.3. The number of carbonyl (C=O) groups is 2. The van der Waals surface area contributed by atoms with Crippen LogP contribution in [-0.4, -0.2) is 70.0 Å². The highest BCUT2D eigenvalue weighted by Crippen LogP contribution is 2.38.